The van der Waals surface area contributed by atoms with Gasteiger partial charge in [0.1, 0.15) is 0 Å². The van der Waals surface area contributed by atoms with Crippen LogP contribution < -0.4 is 10.2 Å². The molecule has 2 aromatic carbocycles. The van der Waals surface area contributed by atoms with Crippen LogP contribution in [0.3, 0.4) is 0 Å². The minimum Gasteiger partial charge on any atom is -0.477 e. The number of nitro benzene ring substituents is 1. The molecule has 0 aromatic heterocycles. The van der Waals surface area contributed by atoms with Gasteiger partial charge in [-0.05, 0) is 35.1 Å². The topological polar surface area (TPSA) is 93.8 Å². The Bertz CT molecular complexity index is 853. The van der Waals surface area contributed by atoms with Crippen LogP contribution in [0.5, 0.6) is 5.75 Å². The molecule has 0 atom stereocenters. The van der Waals surface area contributed by atoms with Gasteiger partial charge in [0.25, 0.3) is 5.91 Å². The Hall–Kier alpha value is -3.22. The molecular formula is C20H23N3O4. The Balaban J connectivity index is 1.90. The first-order valence-electron chi connectivity index (χ1n) is 8.47. The van der Waals surface area contributed by atoms with Gasteiger partial charge in [-0.1, -0.05) is 51.1 Å². The van der Waals surface area contributed by atoms with E-state index in [0.717, 1.165) is 11.1 Å². The molecule has 0 aliphatic rings. The molecule has 0 heterocycles. The number of ether oxygens (including phenoxy) is 1. The largest absolute Gasteiger partial charge is 0.477 e. The van der Waals surface area contributed by atoms with E-state index >= 15 is 0 Å². The van der Waals surface area contributed by atoms with Crippen molar-refractivity contribution < 1.29 is 14.5 Å². The van der Waals surface area contributed by atoms with E-state index in [1.807, 2.05) is 24.3 Å². The van der Waals surface area contributed by atoms with Crippen molar-refractivity contribution in [3.05, 3.63) is 69.3 Å². The first-order valence-corrected chi connectivity index (χ1v) is 8.47. The van der Waals surface area contributed by atoms with Crippen molar-refractivity contribution in [3.8, 4) is 5.75 Å². The van der Waals surface area contributed by atoms with E-state index in [1.54, 1.807) is 13.0 Å². The normalized spacial score (nSPS) is 11.4. The molecule has 0 fully saturated rings. The maximum Gasteiger partial charge on any atom is 0.311 e. The van der Waals surface area contributed by atoms with Crippen LogP contribution in [-0.2, 0) is 10.2 Å². The van der Waals surface area contributed by atoms with E-state index < -0.39 is 10.8 Å². The zero-order chi connectivity index (χ0) is 20.0. The molecular weight excluding hydrogens is 346 g/mol. The zero-order valence-electron chi connectivity index (χ0n) is 15.9. The van der Waals surface area contributed by atoms with Gasteiger partial charge in [-0.25, -0.2) is 5.43 Å². The van der Waals surface area contributed by atoms with Crippen LogP contribution in [0.2, 0.25) is 0 Å². The number of rotatable bonds is 6. The lowest BCUT2D eigenvalue weighted by atomic mass is 9.87. The van der Waals surface area contributed by atoms with E-state index in [-0.39, 0.29) is 23.5 Å². The standard InChI is InChI=1S/C20H23N3O4/c1-14-5-10-18(17(11-14)23(25)26)27-13-19(24)22-21-12-15-6-8-16(9-7-15)20(2,3)4/h5-12H,13H2,1-4H3,(H,22,24)/b21-12-. The third kappa shape index (κ3) is 5.91. The highest BCUT2D eigenvalue weighted by molar-refractivity contribution is 5.83. The summed E-state index contributed by atoms with van der Waals surface area (Å²) < 4.78 is 5.24. The highest BCUT2D eigenvalue weighted by Crippen LogP contribution is 2.27. The van der Waals surface area contributed by atoms with Gasteiger partial charge in [-0.2, -0.15) is 5.10 Å². The Kier molecular flexibility index (Phi) is 6.28. The van der Waals surface area contributed by atoms with Crippen molar-refractivity contribution in [3.63, 3.8) is 0 Å². The quantitative estimate of drug-likeness (QED) is 0.477. The highest BCUT2D eigenvalue weighted by atomic mass is 16.6. The minimum atomic E-state index is -0.542. The fraction of sp³-hybridized carbons (Fsp3) is 0.300. The van der Waals surface area contributed by atoms with Crippen LogP contribution in [0.25, 0.3) is 0 Å². The number of aryl methyl sites for hydroxylation is 1. The Labute approximate surface area is 158 Å². The predicted molar refractivity (Wildman–Crippen MR) is 104 cm³/mol. The maximum absolute atomic E-state index is 11.8. The molecule has 7 nitrogen and oxygen atoms in total. The minimum absolute atomic E-state index is 0.0440. The number of nitrogens with zero attached hydrogens (tertiary/aromatic N) is 2. The van der Waals surface area contributed by atoms with Crippen LogP contribution in [0.15, 0.2) is 47.6 Å². The number of hydrogen-bond donors (Lipinski definition) is 1. The first kappa shape index (κ1) is 20.1. The lowest BCUT2D eigenvalue weighted by molar-refractivity contribution is -0.385. The number of carbonyl (C=O) groups is 1. The van der Waals surface area contributed by atoms with Crippen LogP contribution in [-0.4, -0.2) is 23.7 Å². The van der Waals surface area contributed by atoms with Gasteiger partial charge < -0.3 is 4.74 Å². The SMILES string of the molecule is Cc1ccc(OCC(=O)N/N=C\c2ccc(C(C)(C)C)cc2)c([N+](=O)[O-])c1. The fourth-order valence-electron chi connectivity index (χ4n) is 2.32. The molecule has 1 amide bonds. The highest BCUT2D eigenvalue weighted by Gasteiger charge is 2.16. The van der Waals surface area contributed by atoms with Crippen molar-refractivity contribution in [1.29, 1.82) is 0 Å². The van der Waals surface area contributed by atoms with Gasteiger partial charge in [0.15, 0.2) is 12.4 Å². The lowest BCUT2D eigenvalue weighted by Crippen LogP contribution is -2.24. The van der Waals surface area contributed by atoms with E-state index in [4.69, 9.17) is 4.74 Å². The number of amides is 1. The monoisotopic (exact) mass is 369 g/mol. The maximum atomic E-state index is 11.8. The Morgan fingerprint density at radius 3 is 2.48 bits per heavy atom. The van der Waals surface area contributed by atoms with Crippen molar-refractivity contribution in [2.45, 2.75) is 33.1 Å². The summed E-state index contributed by atoms with van der Waals surface area (Å²) in [6.07, 6.45) is 1.53. The van der Waals surface area contributed by atoms with Crippen molar-refractivity contribution in [1.82, 2.24) is 5.43 Å². The van der Waals surface area contributed by atoms with E-state index in [0.29, 0.717) is 0 Å². The van der Waals surface area contributed by atoms with E-state index in [9.17, 15) is 14.9 Å². The van der Waals surface area contributed by atoms with Gasteiger partial charge in [0.2, 0.25) is 0 Å². The summed E-state index contributed by atoms with van der Waals surface area (Å²) in [5.41, 5.74) is 5.02. The van der Waals surface area contributed by atoms with Gasteiger partial charge in [0.05, 0.1) is 11.1 Å². The van der Waals surface area contributed by atoms with Crippen LogP contribution in [0.4, 0.5) is 5.69 Å². The molecule has 2 rings (SSSR count). The average molecular weight is 369 g/mol. The van der Waals surface area contributed by atoms with Gasteiger partial charge in [-0.3, -0.25) is 14.9 Å². The first-order chi connectivity index (χ1) is 12.7. The summed E-state index contributed by atoms with van der Waals surface area (Å²) in [4.78, 5) is 22.3. The smallest absolute Gasteiger partial charge is 0.311 e. The van der Waals surface area contributed by atoms with Crippen molar-refractivity contribution >= 4 is 17.8 Å². The second kappa shape index (κ2) is 8.44. The summed E-state index contributed by atoms with van der Waals surface area (Å²) in [5, 5.41) is 14.9. The molecule has 1 N–H and O–H groups in total. The van der Waals surface area contributed by atoms with Gasteiger partial charge in [-0.15, -0.1) is 0 Å². The van der Waals surface area contributed by atoms with Crippen LogP contribution >= 0.6 is 0 Å². The molecule has 0 bridgehead atoms. The molecule has 0 aliphatic carbocycles. The number of benzene rings is 2. The van der Waals surface area contributed by atoms with Crippen LogP contribution in [0.1, 0.15) is 37.5 Å². The van der Waals surface area contributed by atoms with Crippen LogP contribution in [0, 0.1) is 17.0 Å². The summed E-state index contributed by atoms with van der Waals surface area (Å²) >= 11 is 0. The molecule has 0 saturated heterocycles. The molecule has 0 unspecified atom stereocenters. The third-order valence-electron chi connectivity index (χ3n) is 3.85. The number of hydrogen-bond acceptors (Lipinski definition) is 5. The third-order valence-corrected chi connectivity index (χ3v) is 3.85. The summed E-state index contributed by atoms with van der Waals surface area (Å²) in [6, 6.07) is 12.4. The molecule has 27 heavy (non-hydrogen) atoms. The molecule has 7 heteroatoms. The molecule has 0 aliphatic heterocycles. The van der Waals surface area contributed by atoms with Gasteiger partial charge in [0, 0.05) is 6.07 Å². The number of hydrazone groups is 1. The van der Waals surface area contributed by atoms with Crippen molar-refractivity contribution in [2.24, 2.45) is 5.10 Å². The van der Waals surface area contributed by atoms with Gasteiger partial charge >= 0.3 is 5.69 Å². The summed E-state index contributed by atoms with van der Waals surface area (Å²) in [7, 11) is 0. The molecule has 2 aromatic rings. The second-order valence-corrected chi connectivity index (χ2v) is 7.18. The fourth-order valence-corrected chi connectivity index (χ4v) is 2.32. The number of nitrogens with one attached hydrogen (secondary N) is 1. The predicted octanol–water partition coefficient (Wildman–Crippen LogP) is 3.73. The Morgan fingerprint density at radius 1 is 1.22 bits per heavy atom. The van der Waals surface area contributed by atoms with E-state index in [2.05, 4.69) is 31.3 Å². The summed E-state index contributed by atoms with van der Waals surface area (Å²) in [5.74, 6) is -0.463. The number of nitro groups is 1. The second-order valence-electron chi connectivity index (χ2n) is 7.18. The molecule has 142 valence electrons. The summed E-state index contributed by atoms with van der Waals surface area (Å²) in [6.45, 7) is 7.77. The zero-order valence-corrected chi connectivity index (χ0v) is 15.9. The molecule has 0 spiro atoms. The number of carbonyl (C=O) groups excluding carboxylic acids is 1. The molecule has 0 radical (unpaired) electrons. The average Bonchev–Trinajstić information content (AvgIpc) is 2.60. The lowest BCUT2D eigenvalue weighted by Gasteiger charge is -2.18. The van der Waals surface area contributed by atoms with Crippen molar-refractivity contribution in [2.75, 3.05) is 6.61 Å². The van der Waals surface area contributed by atoms with E-state index in [1.165, 1.54) is 23.9 Å². The molecule has 0 saturated carbocycles. The Morgan fingerprint density at radius 2 is 1.89 bits per heavy atom.